The van der Waals surface area contributed by atoms with Crippen LogP contribution in [0.5, 0.6) is 0 Å². The molecule has 0 aromatic heterocycles. The molecular formula is C27H32N4O. The van der Waals surface area contributed by atoms with E-state index >= 15 is 0 Å². The van der Waals surface area contributed by atoms with Gasteiger partial charge in [0.1, 0.15) is 11.6 Å². The quantitative estimate of drug-likeness (QED) is 0.552. The molecule has 1 N–H and O–H groups in total. The Labute approximate surface area is 191 Å². The van der Waals surface area contributed by atoms with E-state index in [4.69, 9.17) is 0 Å². The van der Waals surface area contributed by atoms with Gasteiger partial charge < -0.3 is 10.2 Å². The second-order valence-electron chi connectivity index (χ2n) is 8.72. The Morgan fingerprint density at radius 1 is 0.906 bits per heavy atom. The molecule has 4 rings (SSSR count). The van der Waals surface area contributed by atoms with Crippen LogP contribution in [0, 0.1) is 11.3 Å². The van der Waals surface area contributed by atoms with Gasteiger partial charge in [-0.25, -0.2) is 0 Å². The van der Waals surface area contributed by atoms with Gasteiger partial charge in [0.2, 0.25) is 0 Å². The average Bonchev–Trinajstić information content (AvgIpc) is 2.87. The van der Waals surface area contributed by atoms with Gasteiger partial charge in [-0.1, -0.05) is 79.9 Å². The number of hydrogen-bond acceptors (Lipinski definition) is 4. The zero-order chi connectivity index (χ0) is 22.2. The first kappa shape index (κ1) is 22.1. The van der Waals surface area contributed by atoms with Crippen LogP contribution >= 0.6 is 0 Å². The highest BCUT2D eigenvalue weighted by Gasteiger charge is 2.29. The van der Waals surface area contributed by atoms with Gasteiger partial charge >= 0.3 is 0 Å². The Bertz CT molecular complexity index is 897. The van der Waals surface area contributed by atoms with Crippen LogP contribution in [0.25, 0.3) is 0 Å². The number of amides is 1. The molecule has 2 aliphatic rings. The summed E-state index contributed by atoms with van der Waals surface area (Å²) in [6.45, 7) is 2.79. The van der Waals surface area contributed by atoms with E-state index in [1.54, 1.807) is 6.20 Å². The second kappa shape index (κ2) is 11.0. The van der Waals surface area contributed by atoms with E-state index in [0.717, 1.165) is 25.9 Å². The first-order valence-corrected chi connectivity index (χ1v) is 11.8. The Morgan fingerprint density at radius 3 is 2.00 bits per heavy atom. The molecule has 0 unspecified atom stereocenters. The number of piperazine rings is 1. The maximum absolute atomic E-state index is 13.0. The molecule has 2 fully saturated rings. The summed E-state index contributed by atoms with van der Waals surface area (Å²) in [6, 6.07) is 23.7. The van der Waals surface area contributed by atoms with Crippen molar-refractivity contribution in [1.29, 1.82) is 5.26 Å². The minimum atomic E-state index is -0.161. The summed E-state index contributed by atoms with van der Waals surface area (Å²) in [4.78, 5) is 17.3. The summed E-state index contributed by atoms with van der Waals surface area (Å²) in [5.74, 6) is -0.161. The summed E-state index contributed by atoms with van der Waals surface area (Å²) in [5.41, 5.74) is 2.73. The zero-order valence-electron chi connectivity index (χ0n) is 18.6. The summed E-state index contributed by atoms with van der Waals surface area (Å²) in [5, 5.41) is 12.9. The zero-order valence-corrected chi connectivity index (χ0v) is 18.6. The minimum absolute atomic E-state index is 0.161. The van der Waals surface area contributed by atoms with Crippen molar-refractivity contribution < 1.29 is 4.79 Å². The minimum Gasteiger partial charge on any atom is -0.387 e. The fraction of sp³-hybridized carbons (Fsp3) is 0.407. The molecule has 1 aliphatic carbocycles. The van der Waals surface area contributed by atoms with E-state index in [9.17, 15) is 10.1 Å². The molecule has 0 atom stereocenters. The van der Waals surface area contributed by atoms with E-state index in [2.05, 4.69) is 64.8 Å². The van der Waals surface area contributed by atoms with Crippen molar-refractivity contribution in [3.05, 3.63) is 83.6 Å². The largest absolute Gasteiger partial charge is 0.387 e. The lowest BCUT2D eigenvalue weighted by Crippen LogP contribution is -2.50. The average molecular weight is 429 g/mol. The lowest BCUT2D eigenvalue weighted by Gasteiger charge is -2.39. The van der Waals surface area contributed by atoms with Crippen LogP contribution in [-0.2, 0) is 4.79 Å². The molecule has 1 aliphatic heterocycles. The van der Waals surface area contributed by atoms with E-state index in [1.807, 2.05) is 17.0 Å². The smallest absolute Gasteiger partial charge is 0.266 e. The fourth-order valence-electron chi connectivity index (χ4n) is 4.85. The Balaban J connectivity index is 1.41. The highest BCUT2D eigenvalue weighted by atomic mass is 16.2. The molecule has 5 nitrogen and oxygen atoms in total. The van der Waals surface area contributed by atoms with Crippen molar-refractivity contribution >= 4 is 5.91 Å². The molecular weight excluding hydrogens is 396 g/mol. The highest BCUT2D eigenvalue weighted by Crippen LogP contribution is 2.29. The van der Waals surface area contributed by atoms with Crippen LogP contribution in [-0.4, -0.2) is 47.9 Å². The summed E-state index contributed by atoms with van der Waals surface area (Å²) in [7, 11) is 0. The van der Waals surface area contributed by atoms with Crippen molar-refractivity contribution in [3.63, 3.8) is 0 Å². The number of carbonyl (C=O) groups excluding carboxylic acids is 1. The van der Waals surface area contributed by atoms with Crippen molar-refractivity contribution in [2.75, 3.05) is 26.2 Å². The molecule has 0 spiro atoms. The van der Waals surface area contributed by atoms with Crippen molar-refractivity contribution in [3.8, 4) is 6.07 Å². The Hall–Kier alpha value is -3.10. The molecule has 2 aromatic carbocycles. The number of rotatable bonds is 6. The van der Waals surface area contributed by atoms with Gasteiger partial charge in [0.25, 0.3) is 5.91 Å². The van der Waals surface area contributed by atoms with Crippen molar-refractivity contribution in [2.24, 2.45) is 0 Å². The monoisotopic (exact) mass is 428 g/mol. The second-order valence-corrected chi connectivity index (χ2v) is 8.72. The third-order valence-corrected chi connectivity index (χ3v) is 6.62. The molecule has 1 heterocycles. The topological polar surface area (TPSA) is 59.4 Å². The van der Waals surface area contributed by atoms with Crippen molar-refractivity contribution in [1.82, 2.24) is 15.1 Å². The molecule has 0 bridgehead atoms. The number of nitrogens with zero attached hydrogens (tertiary/aromatic N) is 3. The Morgan fingerprint density at radius 2 is 1.47 bits per heavy atom. The summed E-state index contributed by atoms with van der Waals surface area (Å²) >= 11 is 0. The number of nitriles is 1. The number of nitrogens with one attached hydrogen (secondary N) is 1. The van der Waals surface area contributed by atoms with Crippen molar-refractivity contribution in [2.45, 2.75) is 44.2 Å². The third-order valence-electron chi connectivity index (χ3n) is 6.62. The van der Waals surface area contributed by atoms with Crippen LogP contribution in [0.2, 0.25) is 0 Å². The summed E-state index contributed by atoms with van der Waals surface area (Å²) < 4.78 is 0. The third kappa shape index (κ3) is 5.38. The maximum Gasteiger partial charge on any atom is 0.266 e. The first-order chi connectivity index (χ1) is 15.8. The lowest BCUT2D eigenvalue weighted by molar-refractivity contribution is -0.128. The standard InChI is InChI=1S/C27H32N4O/c28-20-24(21-29-25-14-8-3-9-15-25)27(32)31-18-16-30(17-19-31)26(22-10-4-1-5-11-22)23-12-6-2-7-13-23/h1-2,4-7,10-13,21,25-26,29H,3,8-9,14-19H2/b24-21-. The predicted octanol–water partition coefficient (Wildman–Crippen LogP) is 4.25. The molecule has 2 aromatic rings. The molecule has 1 saturated heterocycles. The predicted molar refractivity (Wildman–Crippen MR) is 127 cm³/mol. The fourth-order valence-corrected chi connectivity index (χ4v) is 4.85. The van der Waals surface area contributed by atoms with E-state index in [1.165, 1.54) is 30.4 Å². The Kier molecular flexibility index (Phi) is 7.58. The summed E-state index contributed by atoms with van der Waals surface area (Å²) in [6.07, 6.45) is 7.59. The van der Waals surface area contributed by atoms with E-state index < -0.39 is 0 Å². The van der Waals surface area contributed by atoms with Gasteiger partial charge in [-0.15, -0.1) is 0 Å². The normalized spacial score (nSPS) is 18.4. The van der Waals surface area contributed by atoms with Crippen LogP contribution in [0.15, 0.2) is 72.4 Å². The van der Waals surface area contributed by atoms with Gasteiger partial charge in [-0.3, -0.25) is 9.69 Å². The van der Waals surface area contributed by atoms with Crippen LogP contribution < -0.4 is 5.32 Å². The van der Waals surface area contributed by atoms with Crippen LogP contribution in [0.1, 0.15) is 49.3 Å². The highest BCUT2D eigenvalue weighted by molar-refractivity contribution is 5.97. The van der Waals surface area contributed by atoms with Gasteiger partial charge in [0.05, 0.1) is 6.04 Å². The molecule has 1 saturated carbocycles. The number of carbonyl (C=O) groups is 1. The molecule has 1 amide bonds. The van der Waals surface area contributed by atoms with Gasteiger partial charge in [0.15, 0.2) is 0 Å². The van der Waals surface area contributed by atoms with E-state index in [-0.39, 0.29) is 17.5 Å². The van der Waals surface area contributed by atoms with Crippen LogP contribution in [0.4, 0.5) is 0 Å². The molecule has 5 heteroatoms. The first-order valence-electron chi connectivity index (χ1n) is 11.8. The van der Waals surface area contributed by atoms with E-state index in [0.29, 0.717) is 19.1 Å². The van der Waals surface area contributed by atoms with Crippen LogP contribution in [0.3, 0.4) is 0 Å². The van der Waals surface area contributed by atoms with Gasteiger partial charge in [-0.2, -0.15) is 5.26 Å². The SMILES string of the molecule is N#C/C(=C/NC1CCCCC1)C(=O)N1CCN(C(c2ccccc2)c2ccccc2)CC1. The number of benzene rings is 2. The van der Waals surface area contributed by atoms with Gasteiger partial charge in [-0.05, 0) is 24.0 Å². The lowest BCUT2D eigenvalue weighted by atomic mass is 9.95. The van der Waals surface area contributed by atoms with Gasteiger partial charge in [0, 0.05) is 38.4 Å². The molecule has 0 radical (unpaired) electrons. The molecule has 32 heavy (non-hydrogen) atoms. The maximum atomic E-state index is 13.0. The number of hydrogen-bond donors (Lipinski definition) is 1. The molecule has 166 valence electrons.